The number of hydrogen-bond acceptors (Lipinski definition) is 6. The van der Waals surface area contributed by atoms with Gasteiger partial charge >= 0.3 is 0 Å². The molecule has 1 atom stereocenters. The second-order valence-corrected chi connectivity index (χ2v) is 10.6. The van der Waals surface area contributed by atoms with Crippen LogP contribution < -0.4 is 10.1 Å². The second-order valence-electron chi connectivity index (χ2n) is 8.80. The lowest BCUT2D eigenvalue weighted by Crippen LogP contribution is -2.46. The van der Waals surface area contributed by atoms with E-state index in [1.165, 1.54) is 4.31 Å². The van der Waals surface area contributed by atoms with E-state index in [1.807, 2.05) is 30.3 Å². The lowest BCUT2D eigenvalue weighted by Gasteiger charge is -2.35. The van der Waals surface area contributed by atoms with Crippen LogP contribution in [0.4, 0.5) is 5.82 Å². The molecule has 0 bridgehead atoms. The van der Waals surface area contributed by atoms with Gasteiger partial charge < -0.3 is 14.8 Å². The van der Waals surface area contributed by atoms with Crippen molar-refractivity contribution in [3.63, 3.8) is 0 Å². The predicted octanol–water partition coefficient (Wildman–Crippen LogP) is 4.06. The summed E-state index contributed by atoms with van der Waals surface area (Å²) in [7, 11) is -2.17. The summed E-state index contributed by atoms with van der Waals surface area (Å²) in [5.74, 6) is 0.772. The number of aromatic nitrogens is 1. The summed E-state index contributed by atoms with van der Waals surface area (Å²) in [5, 5.41) is 4.62. The van der Waals surface area contributed by atoms with Gasteiger partial charge in [0.05, 0.1) is 18.6 Å². The van der Waals surface area contributed by atoms with Gasteiger partial charge in [-0.15, -0.1) is 0 Å². The highest BCUT2D eigenvalue weighted by Crippen LogP contribution is 2.32. The van der Waals surface area contributed by atoms with Gasteiger partial charge in [-0.25, -0.2) is 13.4 Å². The number of aryl methyl sites for hydroxylation is 2. The molecule has 2 aromatic carbocycles. The van der Waals surface area contributed by atoms with Crippen molar-refractivity contribution in [2.45, 2.75) is 44.0 Å². The molecule has 1 unspecified atom stereocenters. The molecule has 1 N–H and O–H groups in total. The van der Waals surface area contributed by atoms with Crippen LogP contribution in [0.25, 0.3) is 10.8 Å². The third-order valence-corrected chi connectivity index (χ3v) is 8.54. The number of carbonyl (C=O) groups is 1. The van der Waals surface area contributed by atoms with E-state index in [-0.39, 0.29) is 25.2 Å². The van der Waals surface area contributed by atoms with E-state index >= 15 is 0 Å². The van der Waals surface area contributed by atoms with Crippen LogP contribution in [0.15, 0.2) is 53.6 Å². The fourth-order valence-electron chi connectivity index (χ4n) is 4.68. The molecule has 1 saturated heterocycles. The largest absolute Gasteiger partial charge is 0.497 e. The quantitative estimate of drug-likeness (QED) is 0.504. The average Bonchev–Trinajstić information content (AvgIpc) is 2.84. The Morgan fingerprint density at radius 1 is 1.14 bits per heavy atom. The van der Waals surface area contributed by atoms with Gasteiger partial charge in [0.1, 0.15) is 18.2 Å². The van der Waals surface area contributed by atoms with Crippen LogP contribution >= 0.6 is 0 Å². The Labute approximate surface area is 206 Å². The van der Waals surface area contributed by atoms with Crippen LogP contribution in [0.2, 0.25) is 0 Å². The van der Waals surface area contributed by atoms with Crippen LogP contribution in [0, 0.1) is 13.8 Å². The number of rotatable bonds is 8. The third kappa shape index (κ3) is 5.47. The zero-order valence-corrected chi connectivity index (χ0v) is 21.1. The Hall–Kier alpha value is -3.01. The standard InChI is InChI=1S/C26H31N3O5S/c1-18-14-22(33-3)15-19(2)25(18)35(31,32)29-13-7-6-9-21(29)16-34-17-24(30)28-26-23-10-5-4-8-20(23)11-12-27-26/h4-5,8,10-12,14-15,21H,6-7,9,13,16-17H2,1-3H3,(H,27,28,30). The molecule has 1 amide bonds. The molecular weight excluding hydrogens is 466 g/mol. The van der Waals surface area contributed by atoms with Gasteiger partial charge in [-0.3, -0.25) is 4.79 Å². The molecule has 4 rings (SSSR count). The first-order chi connectivity index (χ1) is 16.8. The molecule has 9 heteroatoms. The number of amides is 1. The van der Waals surface area contributed by atoms with E-state index in [4.69, 9.17) is 9.47 Å². The maximum Gasteiger partial charge on any atom is 0.251 e. The van der Waals surface area contributed by atoms with Gasteiger partial charge in [0.25, 0.3) is 5.91 Å². The number of hydrogen-bond donors (Lipinski definition) is 1. The Balaban J connectivity index is 1.43. The van der Waals surface area contributed by atoms with Gasteiger partial charge in [0.15, 0.2) is 0 Å². The van der Waals surface area contributed by atoms with Crippen molar-refractivity contribution in [3.05, 3.63) is 59.8 Å². The van der Waals surface area contributed by atoms with Crippen LogP contribution in [0.1, 0.15) is 30.4 Å². The molecule has 1 fully saturated rings. The van der Waals surface area contributed by atoms with E-state index in [1.54, 1.807) is 39.3 Å². The molecule has 1 aromatic heterocycles. The Morgan fingerprint density at radius 2 is 1.89 bits per heavy atom. The topological polar surface area (TPSA) is 97.8 Å². The average molecular weight is 498 g/mol. The lowest BCUT2D eigenvalue weighted by atomic mass is 10.1. The number of nitrogens with one attached hydrogen (secondary N) is 1. The molecule has 35 heavy (non-hydrogen) atoms. The van der Waals surface area contributed by atoms with E-state index in [9.17, 15) is 13.2 Å². The number of nitrogens with zero attached hydrogens (tertiary/aromatic N) is 2. The molecule has 0 aliphatic carbocycles. The number of benzene rings is 2. The molecule has 1 aliphatic heterocycles. The summed E-state index contributed by atoms with van der Waals surface area (Å²) in [6.45, 7) is 3.94. The molecule has 186 valence electrons. The fourth-order valence-corrected chi connectivity index (χ4v) is 6.78. The highest BCUT2D eigenvalue weighted by atomic mass is 32.2. The zero-order valence-electron chi connectivity index (χ0n) is 20.3. The molecule has 0 saturated carbocycles. The zero-order chi connectivity index (χ0) is 25.0. The highest BCUT2D eigenvalue weighted by Gasteiger charge is 2.35. The summed E-state index contributed by atoms with van der Waals surface area (Å²) < 4.78 is 39.8. The molecule has 1 aliphatic rings. The maximum absolute atomic E-state index is 13.6. The van der Waals surface area contributed by atoms with Gasteiger partial charge in [-0.05, 0) is 61.4 Å². The number of pyridine rings is 1. The van der Waals surface area contributed by atoms with Gasteiger partial charge in [0.2, 0.25) is 10.0 Å². The number of fused-ring (bicyclic) bond motifs is 1. The van der Waals surface area contributed by atoms with E-state index in [2.05, 4.69) is 10.3 Å². The predicted molar refractivity (Wildman–Crippen MR) is 135 cm³/mol. The minimum atomic E-state index is -3.73. The third-order valence-electron chi connectivity index (χ3n) is 6.28. The van der Waals surface area contributed by atoms with Crippen LogP contribution in [0.5, 0.6) is 5.75 Å². The first-order valence-electron chi connectivity index (χ1n) is 11.7. The van der Waals surface area contributed by atoms with Crippen molar-refractivity contribution in [2.75, 3.05) is 32.2 Å². The molecular formula is C26H31N3O5S. The molecule has 8 nitrogen and oxygen atoms in total. The lowest BCUT2D eigenvalue weighted by molar-refractivity contribution is -0.121. The summed E-state index contributed by atoms with van der Waals surface area (Å²) in [4.78, 5) is 17.1. The van der Waals surface area contributed by atoms with Crippen molar-refractivity contribution >= 4 is 32.5 Å². The fraction of sp³-hybridized carbons (Fsp3) is 0.385. The Kier molecular flexibility index (Phi) is 7.69. The Bertz CT molecular complexity index is 1300. The van der Waals surface area contributed by atoms with Crippen LogP contribution in [0.3, 0.4) is 0 Å². The van der Waals surface area contributed by atoms with Crippen LogP contribution in [-0.2, 0) is 19.6 Å². The summed E-state index contributed by atoms with van der Waals surface area (Å²) >= 11 is 0. The number of methoxy groups -OCH3 is 1. The molecule has 0 radical (unpaired) electrons. The van der Waals surface area contributed by atoms with Crippen molar-refractivity contribution in [1.82, 2.24) is 9.29 Å². The normalized spacial score (nSPS) is 16.8. The monoisotopic (exact) mass is 497 g/mol. The van der Waals surface area contributed by atoms with Gasteiger partial charge in [0, 0.05) is 24.2 Å². The summed E-state index contributed by atoms with van der Waals surface area (Å²) in [6, 6.07) is 12.7. The number of ether oxygens (including phenoxy) is 2. The minimum absolute atomic E-state index is 0.143. The minimum Gasteiger partial charge on any atom is -0.497 e. The smallest absolute Gasteiger partial charge is 0.251 e. The summed E-state index contributed by atoms with van der Waals surface area (Å²) in [6.07, 6.45) is 4.02. The number of anilines is 1. The van der Waals surface area contributed by atoms with E-state index in [0.29, 0.717) is 40.6 Å². The van der Waals surface area contributed by atoms with Crippen LogP contribution in [-0.4, -0.2) is 56.5 Å². The van der Waals surface area contributed by atoms with Gasteiger partial charge in [-0.1, -0.05) is 30.7 Å². The van der Waals surface area contributed by atoms with Gasteiger partial charge in [-0.2, -0.15) is 4.31 Å². The van der Waals surface area contributed by atoms with Crippen molar-refractivity contribution < 1.29 is 22.7 Å². The van der Waals surface area contributed by atoms with Crippen molar-refractivity contribution in [3.8, 4) is 5.75 Å². The number of sulfonamides is 1. The summed E-state index contributed by atoms with van der Waals surface area (Å²) in [5.41, 5.74) is 1.29. The first-order valence-corrected chi connectivity index (χ1v) is 13.1. The van der Waals surface area contributed by atoms with E-state index < -0.39 is 10.0 Å². The molecule has 0 spiro atoms. The molecule has 2 heterocycles. The Morgan fingerprint density at radius 3 is 2.63 bits per heavy atom. The maximum atomic E-state index is 13.6. The number of carbonyl (C=O) groups excluding carboxylic acids is 1. The first kappa shape index (κ1) is 25.1. The van der Waals surface area contributed by atoms with E-state index in [0.717, 1.165) is 23.6 Å². The second kappa shape index (κ2) is 10.7. The van der Waals surface area contributed by atoms with Crippen molar-refractivity contribution in [2.24, 2.45) is 0 Å². The van der Waals surface area contributed by atoms with Crippen molar-refractivity contribution in [1.29, 1.82) is 0 Å². The SMILES string of the molecule is COc1cc(C)c(S(=O)(=O)N2CCCCC2COCC(=O)Nc2nccc3ccccc23)c(C)c1. The number of piperidine rings is 1. The highest BCUT2D eigenvalue weighted by molar-refractivity contribution is 7.89. The molecule has 3 aromatic rings.